The molecule has 0 saturated heterocycles. The molecule has 0 aliphatic carbocycles. The maximum absolute atomic E-state index is 12.4. The normalized spacial score (nSPS) is 13.6. The van der Waals surface area contributed by atoms with E-state index in [4.69, 9.17) is 0 Å². The van der Waals surface area contributed by atoms with Crippen LogP contribution in [0.5, 0.6) is 0 Å². The molecule has 0 amide bonds. The van der Waals surface area contributed by atoms with Crippen LogP contribution in [0.3, 0.4) is 0 Å². The number of carbonyl (C=O) groups excluding carboxylic acids is 1. The monoisotopic (exact) mass is 218 g/mol. The molecule has 1 rings (SSSR count). The van der Waals surface area contributed by atoms with Gasteiger partial charge in [-0.3, -0.25) is 4.79 Å². The molecule has 15 heavy (non-hydrogen) atoms. The van der Waals surface area contributed by atoms with Gasteiger partial charge in [-0.15, -0.1) is 0 Å². The predicted molar refractivity (Wildman–Crippen MR) is 47.6 cm³/mol. The van der Waals surface area contributed by atoms with Gasteiger partial charge in [-0.2, -0.15) is 13.2 Å². The van der Waals surface area contributed by atoms with Crippen LogP contribution in [-0.2, 0) is 4.74 Å². The Bertz CT molecular complexity index is 330. The molecule has 82 valence electrons. The Balaban J connectivity index is 2.98. The van der Waals surface area contributed by atoms with E-state index in [0.717, 1.165) is 7.11 Å². The first-order chi connectivity index (χ1) is 6.99. The summed E-state index contributed by atoms with van der Waals surface area (Å²) in [4.78, 5) is 10.3. The van der Waals surface area contributed by atoms with Crippen molar-refractivity contribution in [3.05, 3.63) is 35.4 Å². The predicted octanol–water partition coefficient (Wildman–Crippen LogP) is 2.75. The maximum atomic E-state index is 12.4. The molecular weight excluding hydrogens is 209 g/mol. The first kappa shape index (κ1) is 11.7. The highest BCUT2D eigenvalue weighted by Crippen LogP contribution is 2.35. The molecule has 0 aliphatic heterocycles. The Labute approximate surface area is 84.7 Å². The summed E-state index contributed by atoms with van der Waals surface area (Å²) in [5.41, 5.74) is 0.311. The molecule has 0 heterocycles. The highest BCUT2D eigenvalue weighted by Gasteiger charge is 2.40. The second-order valence-corrected chi connectivity index (χ2v) is 2.94. The zero-order valence-corrected chi connectivity index (χ0v) is 7.91. The highest BCUT2D eigenvalue weighted by molar-refractivity contribution is 5.74. The van der Waals surface area contributed by atoms with Gasteiger partial charge < -0.3 is 4.74 Å². The van der Waals surface area contributed by atoms with E-state index in [1.165, 1.54) is 24.3 Å². The number of hydrogen-bond donors (Lipinski definition) is 0. The van der Waals surface area contributed by atoms with Crippen LogP contribution in [-0.4, -0.2) is 19.6 Å². The lowest BCUT2D eigenvalue weighted by atomic mass is 10.1. The number of ether oxygens (including phenoxy) is 1. The van der Waals surface area contributed by atoms with Crippen LogP contribution >= 0.6 is 0 Å². The Morgan fingerprint density at radius 3 is 2.13 bits per heavy atom. The average Bonchev–Trinajstić information content (AvgIpc) is 2.18. The number of methoxy groups -OCH3 is 1. The van der Waals surface area contributed by atoms with Crippen molar-refractivity contribution in [3.8, 4) is 0 Å². The smallest absolute Gasteiger partial charge is 0.367 e. The summed E-state index contributed by atoms with van der Waals surface area (Å²) in [6, 6.07) is 5.09. The van der Waals surface area contributed by atoms with Crippen LogP contribution in [0.2, 0.25) is 0 Å². The largest absolute Gasteiger partial charge is 0.418 e. The fraction of sp³-hybridized carbons (Fsp3) is 0.300. The van der Waals surface area contributed by atoms with Gasteiger partial charge in [0, 0.05) is 12.7 Å². The summed E-state index contributed by atoms with van der Waals surface area (Å²) in [5.74, 6) is 0. The topological polar surface area (TPSA) is 26.3 Å². The SMILES string of the molecule is COC(c1ccc(C=O)cc1)C(F)(F)F. The minimum Gasteiger partial charge on any atom is -0.367 e. The van der Waals surface area contributed by atoms with Gasteiger partial charge >= 0.3 is 6.18 Å². The van der Waals surface area contributed by atoms with Crippen LogP contribution in [0.4, 0.5) is 13.2 Å². The van der Waals surface area contributed by atoms with E-state index in [2.05, 4.69) is 4.74 Å². The molecule has 1 aromatic rings. The Morgan fingerprint density at radius 2 is 1.80 bits per heavy atom. The molecule has 0 aromatic heterocycles. The number of halogens is 3. The number of aldehydes is 1. The molecule has 5 heteroatoms. The first-order valence-corrected chi connectivity index (χ1v) is 4.13. The molecule has 0 bridgehead atoms. The third kappa shape index (κ3) is 2.79. The van der Waals surface area contributed by atoms with E-state index in [1.807, 2.05) is 0 Å². The third-order valence-corrected chi connectivity index (χ3v) is 1.91. The Hall–Kier alpha value is -1.36. The third-order valence-electron chi connectivity index (χ3n) is 1.91. The fourth-order valence-electron chi connectivity index (χ4n) is 1.21. The minimum atomic E-state index is -4.45. The van der Waals surface area contributed by atoms with Gasteiger partial charge in [0.1, 0.15) is 6.29 Å². The number of rotatable bonds is 3. The molecule has 0 radical (unpaired) electrons. The second-order valence-electron chi connectivity index (χ2n) is 2.94. The zero-order valence-electron chi connectivity index (χ0n) is 7.91. The molecule has 1 atom stereocenters. The van der Waals surface area contributed by atoms with Gasteiger partial charge in [-0.05, 0) is 5.56 Å². The lowest BCUT2D eigenvalue weighted by Crippen LogP contribution is -2.22. The quantitative estimate of drug-likeness (QED) is 0.729. The number of benzene rings is 1. The van der Waals surface area contributed by atoms with E-state index >= 15 is 0 Å². The number of hydrogen-bond acceptors (Lipinski definition) is 2. The van der Waals surface area contributed by atoms with E-state index in [1.54, 1.807) is 0 Å². The summed E-state index contributed by atoms with van der Waals surface area (Å²) < 4.78 is 41.5. The van der Waals surface area contributed by atoms with Crippen molar-refractivity contribution in [2.24, 2.45) is 0 Å². The van der Waals surface area contributed by atoms with E-state index < -0.39 is 12.3 Å². The van der Waals surface area contributed by atoms with Gasteiger partial charge in [-0.1, -0.05) is 24.3 Å². The summed E-state index contributed by atoms with van der Waals surface area (Å²) >= 11 is 0. The van der Waals surface area contributed by atoms with Crippen LogP contribution < -0.4 is 0 Å². The van der Waals surface area contributed by atoms with Crippen molar-refractivity contribution in [2.75, 3.05) is 7.11 Å². The summed E-state index contributed by atoms with van der Waals surface area (Å²) in [7, 11) is 0.992. The molecule has 0 saturated carbocycles. The molecule has 0 aliphatic rings. The standard InChI is InChI=1S/C10H9F3O2/c1-15-9(10(11,12)13)8-4-2-7(6-14)3-5-8/h2-6,9H,1H3. The number of alkyl halides is 3. The molecule has 0 spiro atoms. The van der Waals surface area contributed by atoms with E-state index in [9.17, 15) is 18.0 Å². The first-order valence-electron chi connectivity index (χ1n) is 4.13. The van der Waals surface area contributed by atoms with Gasteiger partial charge in [0.25, 0.3) is 0 Å². The van der Waals surface area contributed by atoms with Crippen LogP contribution in [0, 0.1) is 0 Å². The molecule has 0 fully saturated rings. The Kier molecular flexibility index (Phi) is 3.47. The van der Waals surface area contributed by atoms with Crippen molar-refractivity contribution < 1.29 is 22.7 Å². The van der Waals surface area contributed by atoms with Crippen molar-refractivity contribution in [2.45, 2.75) is 12.3 Å². The van der Waals surface area contributed by atoms with Crippen molar-refractivity contribution in [1.29, 1.82) is 0 Å². The van der Waals surface area contributed by atoms with Crippen LogP contribution in [0.1, 0.15) is 22.0 Å². The molecule has 0 N–H and O–H groups in total. The Morgan fingerprint density at radius 1 is 1.27 bits per heavy atom. The molecule has 1 unspecified atom stereocenters. The molecular formula is C10H9F3O2. The summed E-state index contributed by atoms with van der Waals surface area (Å²) in [5, 5.41) is 0. The van der Waals surface area contributed by atoms with Gasteiger partial charge in [0.05, 0.1) is 0 Å². The van der Waals surface area contributed by atoms with Crippen LogP contribution in [0.15, 0.2) is 24.3 Å². The fourth-order valence-corrected chi connectivity index (χ4v) is 1.21. The molecule has 2 nitrogen and oxygen atoms in total. The lowest BCUT2D eigenvalue weighted by molar-refractivity contribution is -0.215. The van der Waals surface area contributed by atoms with Gasteiger partial charge in [0.15, 0.2) is 6.10 Å². The second kappa shape index (κ2) is 4.44. The van der Waals surface area contributed by atoms with Crippen LogP contribution in [0.25, 0.3) is 0 Å². The van der Waals surface area contributed by atoms with Crippen molar-refractivity contribution >= 4 is 6.29 Å². The van der Waals surface area contributed by atoms with Crippen molar-refractivity contribution in [1.82, 2.24) is 0 Å². The minimum absolute atomic E-state index is 0.0180. The van der Waals surface area contributed by atoms with Crippen molar-refractivity contribution in [3.63, 3.8) is 0 Å². The lowest BCUT2D eigenvalue weighted by Gasteiger charge is -2.18. The van der Waals surface area contributed by atoms with Gasteiger partial charge in [0.2, 0.25) is 0 Å². The molecule has 1 aromatic carbocycles. The summed E-state index contributed by atoms with van der Waals surface area (Å²) in [6.45, 7) is 0. The summed E-state index contributed by atoms with van der Waals surface area (Å²) in [6.07, 6.45) is -5.82. The maximum Gasteiger partial charge on any atom is 0.418 e. The van der Waals surface area contributed by atoms with E-state index in [0.29, 0.717) is 11.8 Å². The van der Waals surface area contributed by atoms with Gasteiger partial charge in [-0.25, -0.2) is 0 Å². The number of carbonyl (C=O) groups is 1. The highest BCUT2D eigenvalue weighted by atomic mass is 19.4. The zero-order chi connectivity index (χ0) is 11.5. The van der Waals surface area contributed by atoms with E-state index in [-0.39, 0.29) is 5.56 Å². The average molecular weight is 218 g/mol.